The second-order valence-corrected chi connectivity index (χ2v) is 8.87. The molecule has 2 aliphatic rings. The maximum absolute atomic E-state index is 12.7. The Morgan fingerprint density at radius 2 is 1.90 bits per heavy atom. The molecule has 0 saturated carbocycles. The highest BCUT2D eigenvalue weighted by atomic mass is 16.2. The van der Waals surface area contributed by atoms with Crippen LogP contribution in [0.15, 0.2) is 12.3 Å². The van der Waals surface area contributed by atoms with E-state index in [4.69, 9.17) is 0 Å². The summed E-state index contributed by atoms with van der Waals surface area (Å²) in [5, 5.41) is 4.17. The number of likely N-dealkylation sites (tertiary alicyclic amines) is 2. The third-order valence-corrected chi connectivity index (χ3v) is 6.78. The molecule has 0 spiro atoms. The second-order valence-electron chi connectivity index (χ2n) is 8.87. The van der Waals surface area contributed by atoms with Crippen LogP contribution in [0.4, 0.5) is 0 Å². The van der Waals surface area contributed by atoms with Crippen molar-refractivity contribution in [2.24, 2.45) is 13.0 Å². The van der Waals surface area contributed by atoms with Gasteiger partial charge in [-0.3, -0.25) is 14.3 Å². The smallest absolute Gasteiger partial charge is 0.222 e. The Hall–Kier alpha value is -1.89. The molecule has 7 heteroatoms. The quantitative estimate of drug-likeness (QED) is 0.698. The first-order valence-electron chi connectivity index (χ1n) is 11.1. The van der Waals surface area contributed by atoms with Crippen molar-refractivity contribution in [2.75, 3.05) is 40.3 Å². The lowest BCUT2D eigenvalue weighted by atomic mass is 9.92. The molecule has 0 bridgehead atoms. The Bertz CT molecular complexity index is 680. The minimum Gasteiger partial charge on any atom is -0.343 e. The molecule has 3 heterocycles. The first kappa shape index (κ1) is 21.8. The fraction of sp³-hybridized carbons (Fsp3) is 0.773. The van der Waals surface area contributed by atoms with Crippen LogP contribution in [-0.4, -0.2) is 82.6 Å². The molecule has 0 radical (unpaired) electrons. The van der Waals surface area contributed by atoms with Crippen LogP contribution in [0.3, 0.4) is 0 Å². The van der Waals surface area contributed by atoms with Crippen molar-refractivity contribution in [3.63, 3.8) is 0 Å². The number of hydrogen-bond donors (Lipinski definition) is 0. The summed E-state index contributed by atoms with van der Waals surface area (Å²) in [5.41, 5.74) is 1.09. The van der Waals surface area contributed by atoms with E-state index in [1.165, 1.54) is 0 Å². The molecule has 2 amide bonds. The van der Waals surface area contributed by atoms with Crippen LogP contribution >= 0.6 is 0 Å². The molecule has 29 heavy (non-hydrogen) atoms. The van der Waals surface area contributed by atoms with Gasteiger partial charge in [0.2, 0.25) is 11.8 Å². The van der Waals surface area contributed by atoms with Crippen molar-refractivity contribution in [1.82, 2.24) is 24.5 Å². The van der Waals surface area contributed by atoms with Crippen molar-refractivity contribution in [3.05, 3.63) is 18.0 Å². The van der Waals surface area contributed by atoms with E-state index in [0.29, 0.717) is 24.8 Å². The van der Waals surface area contributed by atoms with E-state index in [0.717, 1.165) is 70.4 Å². The van der Waals surface area contributed by atoms with Crippen LogP contribution < -0.4 is 0 Å². The Balaban J connectivity index is 1.40. The van der Waals surface area contributed by atoms with E-state index in [2.05, 4.69) is 17.0 Å². The molecule has 0 aliphatic carbocycles. The van der Waals surface area contributed by atoms with Gasteiger partial charge in [0, 0.05) is 58.0 Å². The molecular formula is C22H37N5O2. The summed E-state index contributed by atoms with van der Waals surface area (Å²) < 4.78 is 1.83. The van der Waals surface area contributed by atoms with Gasteiger partial charge in [0.1, 0.15) is 0 Å². The Morgan fingerprint density at radius 1 is 1.14 bits per heavy atom. The molecule has 0 aromatic carbocycles. The van der Waals surface area contributed by atoms with Crippen molar-refractivity contribution >= 4 is 11.8 Å². The first-order valence-corrected chi connectivity index (χ1v) is 11.1. The minimum atomic E-state index is 0.227. The topological polar surface area (TPSA) is 61.7 Å². The maximum Gasteiger partial charge on any atom is 0.222 e. The fourth-order valence-corrected chi connectivity index (χ4v) is 4.66. The number of carbonyl (C=O) groups excluding carboxylic acids is 2. The summed E-state index contributed by atoms with van der Waals surface area (Å²) in [6.07, 6.45) is 8.84. The molecule has 1 aromatic heterocycles. The average Bonchev–Trinajstić information content (AvgIpc) is 3.15. The molecule has 2 fully saturated rings. The van der Waals surface area contributed by atoms with Crippen LogP contribution in [0.25, 0.3) is 0 Å². The zero-order valence-electron chi connectivity index (χ0n) is 18.3. The van der Waals surface area contributed by atoms with Crippen molar-refractivity contribution < 1.29 is 9.59 Å². The van der Waals surface area contributed by atoms with Gasteiger partial charge in [-0.2, -0.15) is 5.10 Å². The van der Waals surface area contributed by atoms with E-state index in [9.17, 15) is 9.59 Å². The molecular weight excluding hydrogens is 366 g/mol. The minimum absolute atomic E-state index is 0.227. The molecule has 2 aliphatic heterocycles. The number of piperidine rings is 2. The molecule has 162 valence electrons. The van der Waals surface area contributed by atoms with Gasteiger partial charge in [-0.05, 0) is 70.6 Å². The Morgan fingerprint density at radius 3 is 2.59 bits per heavy atom. The summed E-state index contributed by atoms with van der Waals surface area (Å²) in [7, 11) is 6.02. The molecule has 3 rings (SSSR count). The van der Waals surface area contributed by atoms with Crippen LogP contribution in [0.2, 0.25) is 0 Å². The Labute approximate surface area is 175 Å². The highest BCUT2D eigenvalue weighted by molar-refractivity contribution is 5.77. The molecule has 1 aromatic rings. The van der Waals surface area contributed by atoms with Gasteiger partial charge in [-0.1, -0.05) is 0 Å². The van der Waals surface area contributed by atoms with E-state index >= 15 is 0 Å². The summed E-state index contributed by atoms with van der Waals surface area (Å²) in [6, 6.07) is 2.36. The van der Waals surface area contributed by atoms with Gasteiger partial charge < -0.3 is 14.7 Å². The Kier molecular flexibility index (Phi) is 7.70. The molecule has 2 saturated heterocycles. The number of carbonyl (C=O) groups is 2. The highest BCUT2D eigenvalue weighted by Gasteiger charge is 2.27. The van der Waals surface area contributed by atoms with Gasteiger partial charge in [-0.15, -0.1) is 0 Å². The van der Waals surface area contributed by atoms with Gasteiger partial charge in [0.05, 0.1) is 0 Å². The van der Waals surface area contributed by atoms with Crippen molar-refractivity contribution in [1.29, 1.82) is 0 Å². The van der Waals surface area contributed by atoms with E-state index < -0.39 is 0 Å². The number of aromatic nitrogens is 2. The average molecular weight is 404 g/mol. The predicted molar refractivity (Wildman–Crippen MR) is 113 cm³/mol. The SMILES string of the molecule is CN1CCC(N(C)C(=O)CCC2CCCN(C(=O)CCc3ccnn3C)C2)CC1. The monoisotopic (exact) mass is 403 g/mol. The molecule has 1 unspecified atom stereocenters. The van der Waals surface area contributed by atoms with Gasteiger partial charge in [0.15, 0.2) is 0 Å². The van der Waals surface area contributed by atoms with Crippen LogP contribution in [0, 0.1) is 5.92 Å². The van der Waals surface area contributed by atoms with Gasteiger partial charge in [-0.25, -0.2) is 0 Å². The van der Waals surface area contributed by atoms with E-state index in [1.807, 2.05) is 34.6 Å². The van der Waals surface area contributed by atoms with Crippen LogP contribution in [-0.2, 0) is 23.1 Å². The number of hydrogen-bond acceptors (Lipinski definition) is 4. The number of nitrogens with zero attached hydrogens (tertiary/aromatic N) is 5. The zero-order valence-corrected chi connectivity index (χ0v) is 18.3. The number of amides is 2. The third kappa shape index (κ3) is 6.04. The largest absolute Gasteiger partial charge is 0.343 e. The van der Waals surface area contributed by atoms with Crippen LogP contribution in [0.1, 0.15) is 50.6 Å². The summed E-state index contributed by atoms with van der Waals surface area (Å²) in [5.74, 6) is 0.934. The predicted octanol–water partition coefficient (Wildman–Crippen LogP) is 1.92. The molecule has 0 N–H and O–H groups in total. The summed E-state index contributed by atoms with van der Waals surface area (Å²) in [6.45, 7) is 3.79. The molecule has 1 atom stereocenters. The first-order chi connectivity index (χ1) is 13.9. The van der Waals surface area contributed by atoms with Crippen molar-refractivity contribution in [2.45, 2.75) is 57.4 Å². The summed E-state index contributed by atoms with van der Waals surface area (Å²) >= 11 is 0. The standard InChI is InChI=1S/C22H37N5O2/c1-24-15-11-19(12-16-24)25(2)21(28)8-6-18-5-4-14-27(17-18)22(29)9-7-20-10-13-23-26(20)3/h10,13,18-19H,4-9,11-12,14-17H2,1-3H3. The summed E-state index contributed by atoms with van der Waals surface area (Å²) in [4.78, 5) is 31.6. The number of rotatable bonds is 7. The van der Waals surface area contributed by atoms with E-state index in [-0.39, 0.29) is 11.8 Å². The zero-order chi connectivity index (χ0) is 20.8. The maximum atomic E-state index is 12.7. The second kappa shape index (κ2) is 10.2. The van der Waals surface area contributed by atoms with Gasteiger partial charge in [0.25, 0.3) is 0 Å². The normalized spacial score (nSPS) is 21.3. The van der Waals surface area contributed by atoms with Crippen molar-refractivity contribution in [3.8, 4) is 0 Å². The highest BCUT2D eigenvalue weighted by Crippen LogP contribution is 2.23. The fourth-order valence-electron chi connectivity index (χ4n) is 4.66. The van der Waals surface area contributed by atoms with Gasteiger partial charge >= 0.3 is 0 Å². The lowest BCUT2D eigenvalue weighted by molar-refractivity contribution is -0.133. The lowest BCUT2D eigenvalue weighted by Crippen LogP contribution is -2.45. The lowest BCUT2D eigenvalue weighted by Gasteiger charge is -2.36. The van der Waals surface area contributed by atoms with E-state index in [1.54, 1.807) is 6.20 Å². The third-order valence-electron chi connectivity index (χ3n) is 6.78. The number of aryl methyl sites for hydroxylation is 2. The molecule has 7 nitrogen and oxygen atoms in total. The van der Waals surface area contributed by atoms with Crippen LogP contribution in [0.5, 0.6) is 0 Å².